The number of benzene rings is 1. The zero-order valence-corrected chi connectivity index (χ0v) is 8.44. The zero-order valence-electron chi connectivity index (χ0n) is 7.63. The Morgan fingerprint density at radius 1 is 1.00 bits per heavy atom. The minimum Gasteiger partial charge on any atom is -0.349 e. The summed E-state index contributed by atoms with van der Waals surface area (Å²) in [6, 6.07) is 7.71. The van der Waals surface area contributed by atoms with Crippen molar-refractivity contribution < 1.29 is 0 Å². The summed E-state index contributed by atoms with van der Waals surface area (Å²) < 4.78 is 0.345. The predicted octanol–water partition coefficient (Wildman–Crippen LogP) is 2.07. The molecular weight excluding hydrogens is 210 g/mol. The maximum Gasteiger partial charge on any atom is 0.276 e. The molecule has 2 heterocycles. The van der Waals surface area contributed by atoms with Crippen LogP contribution in [-0.2, 0) is 0 Å². The van der Waals surface area contributed by atoms with E-state index in [2.05, 4.69) is 15.0 Å². The van der Waals surface area contributed by atoms with Crippen LogP contribution in [0.3, 0.4) is 0 Å². The van der Waals surface area contributed by atoms with Crippen molar-refractivity contribution in [1.29, 1.82) is 0 Å². The Bertz CT molecular complexity index is 765. The third kappa shape index (κ3) is 1.13. The molecule has 0 radical (unpaired) electrons. The lowest BCUT2D eigenvalue weighted by atomic mass is 10.2. The van der Waals surface area contributed by atoms with E-state index in [9.17, 15) is 4.79 Å². The van der Waals surface area contributed by atoms with Crippen LogP contribution in [0.4, 0.5) is 0 Å². The van der Waals surface area contributed by atoms with Crippen LogP contribution in [0.15, 0.2) is 29.1 Å². The molecule has 15 heavy (non-hydrogen) atoms. The Morgan fingerprint density at radius 3 is 2.67 bits per heavy atom. The van der Waals surface area contributed by atoms with Gasteiger partial charge in [-0.2, -0.15) is 0 Å². The summed E-state index contributed by atoms with van der Waals surface area (Å²) in [6.07, 6.45) is 0. The van der Waals surface area contributed by atoms with Crippen molar-refractivity contribution in [3.05, 3.63) is 39.4 Å². The van der Waals surface area contributed by atoms with Crippen molar-refractivity contribution in [3.8, 4) is 0 Å². The number of aromatic amines is 3. The highest BCUT2D eigenvalue weighted by atomic mass is 32.1. The topological polar surface area (TPSA) is 64.4 Å². The standard InChI is InChI=1S/C10H7N3OS/c14-9-8-7(12-10(15)13-9)5-3-1-2-4-6(5)11-8/h1-4,11H,(H2,12,13,14,15). The molecule has 0 aliphatic rings. The fourth-order valence-corrected chi connectivity index (χ4v) is 1.95. The highest BCUT2D eigenvalue weighted by Gasteiger charge is 2.06. The Hall–Kier alpha value is -1.88. The quantitative estimate of drug-likeness (QED) is 0.505. The number of H-pyrrole nitrogens is 3. The van der Waals surface area contributed by atoms with Crippen molar-refractivity contribution in [2.75, 3.05) is 0 Å². The fourth-order valence-electron chi connectivity index (χ4n) is 1.75. The highest BCUT2D eigenvalue weighted by molar-refractivity contribution is 7.71. The fraction of sp³-hybridized carbons (Fsp3) is 0. The van der Waals surface area contributed by atoms with Gasteiger partial charge in [-0.15, -0.1) is 0 Å². The molecule has 0 bridgehead atoms. The molecule has 0 spiro atoms. The van der Waals surface area contributed by atoms with Crippen molar-refractivity contribution in [2.45, 2.75) is 0 Å². The van der Waals surface area contributed by atoms with Crippen LogP contribution in [0.1, 0.15) is 0 Å². The minimum atomic E-state index is -0.190. The maximum atomic E-state index is 11.6. The Labute approximate surface area is 89.0 Å². The maximum absolute atomic E-state index is 11.6. The lowest BCUT2D eigenvalue weighted by Gasteiger charge is -1.90. The number of fused-ring (bicyclic) bond motifs is 3. The molecule has 0 unspecified atom stereocenters. The molecule has 0 saturated carbocycles. The van der Waals surface area contributed by atoms with Gasteiger partial charge in [0.15, 0.2) is 4.77 Å². The summed E-state index contributed by atoms with van der Waals surface area (Å²) in [4.78, 5) is 20.2. The summed E-state index contributed by atoms with van der Waals surface area (Å²) in [5.74, 6) is 0. The van der Waals surface area contributed by atoms with Gasteiger partial charge in [-0.3, -0.25) is 9.78 Å². The first kappa shape index (κ1) is 8.43. The van der Waals surface area contributed by atoms with Gasteiger partial charge in [0, 0.05) is 10.9 Å². The molecule has 3 N–H and O–H groups in total. The average molecular weight is 217 g/mol. The van der Waals surface area contributed by atoms with Crippen molar-refractivity contribution in [3.63, 3.8) is 0 Å². The van der Waals surface area contributed by atoms with Crippen LogP contribution in [-0.4, -0.2) is 15.0 Å². The zero-order chi connectivity index (χ0) is 10.4. The monoisotopic (exact) mass is 217 g/mol. The summed E-state index contributed by atoms with van der Waals surface area (Å²) >= 11 is 4.93. The Balaban J connectivity index is 2.73. The second-order valence-corrected chi connectivity index (χ2v) is 3.74. The minimum absolute atomic E-state index is 0.190. The molecule has 0 atom stereocenters. The summed E-state index contributed by atoms with van der Waals surface area (Å²) in [7, 11) is 0. The number of rotatable bonds is 0. The van der Waals surface area contributed by atoms with Gasteiger partial charge in [0.2, 0.25) is 0 Å². The molecule has 0 saturated heterocycles. The molecule has 0 fully saturated rings. The van der Waals surface area contributed by atoms with Crippen molar-refractivity contribution in [1.82, 2.24) is 15.0 Å². The van der Waals surface area contributed by atoms with Crippen LogP contribution in [0.5, 0.6) is 0 Å². The van der Waals surface area contributed by atoms with Gasteiger partial charge in [-0.25, -0.2) is 0 Å². The lowest BCUT2D eigenvalue weighted by Crippen LogP contribution is -2.07. The Kier molecular flexibility index (Phi) is 1.58. The molecule has 0 aliphatic heterocycles. The third-order valence-electron chi connectivity index (χ3n) is 2.40. The first-order chi connectivity index (χ1) is 7.25. The first-order valence-electron chi connectivity index (χ1n) is 4.49. The molecule has 0 aliphatic carbocycles. The van der Waals surface area contributed by atoms with Gasteiger partial charge >= 0.3 is 0 Å². The van der Waals surface area contributed by atoms with E-state index >= 15 is 0 Å². The highest BCUT2D eigenvalue weighted by Crippen LogP contribution is 2.20. The molecule has 5 heteroatoms. The van der Waals surface area contributed by atoms with Gasteiger partial charge in [0.25, 0.3) is 5.56 Å². The van der Waals surface area contributed by atoms with E-state index in [0.717, 1.165) is 16.4 Å². The van der Waals surface area contributed by atoms with Crippen LogP contribution in [0, 0.1) is 4.77 Å². The van der Waals surface area contributed by atoms with E-state index in [1.54, 1.807) is 0 Å². The van der Waals surface area contributed by atoms with Crippen LogP contribution >= 0.6 is 12.2 Å². The third-order valence-corrected chi connectivity index (χ3v) is 2.60. The van der Waals surface area contributed by atoms with E-state index in [-0.39, 0.29) is 5.56 Å². The van der Waals surface area contributed by atoms with E-state index in [4.69, 9.17) is 12.2 Å². The van der Waals surface area contributed by atoms with Gasteiger partial charge in [-0.05, 0) is 18.3 Å². The number of hydrogen-bond acceptors (Lipinski definition) is 2. The van der Waals surface area contributed by atoms with E-state index in [1.165, 1.54) is 0 Å². The van der Waals surface area contributed by atoms with Gasteiger partial charge in [0.1, 0.15) is 5.52 Å². The summed E-state index contributed by atoms with van der Waals surface area (Å²) in [5.41, 5.74) is 2.03. The SMILES string of the molecule is O=c1[nH]c(=S)[nH]c2c1[nH]c1ccccc12. The number of nitrogens with one attached hydrogen (secondary N) is 3. The van der Waals surface area contributed by atoms with Crippen molar-refractivity contribution in [2.24, 2.45) is 0 Å². The second kappa shape index (κ2) is 2.80. The second-order valence-electron chi connectivity index (χ2n) is 3.33. The molecule has 3 aromatic rings. The Morgan fingerprint density at radius 2 is 1.80 bits per heavy atom. The molecule has 4 nitrogen and oxygen atoms in total. The van der Waals surface area contributed by atoms with Gasteiger partial charge in [-0.1, -0.05) is 18.2 Å². The van der Waals surface area contributed by atoms with Crippen LogP contribution < -0.4 is 5.56 Å². The van der Waals surface area contributed by atoms with Gasteiger partial charge in [0.05, 0.1) is 5.52 Å². The molecule has 2 aromatic heterocycles. The molecular formula is C10H7N3OS. The average Bonchev–Trinajstić information content (AvgIpc) is 2.57. The van der Waals surface area contributed by atoms with E-state index in [0.29, 0.717) is 10.3 Å². The number of para-hydroxylation sites is 1. The van der Waals surface area contributed by atoms with Crippen LogP contribution in [0.25, 0.3) is 21.9 Å². The molecule has 0 amide bonds. The van der Waals surface area contributed by atoms with E-state index in [1.807, 2.05) is 24.3 Å². The molecule has 3 rings (SSSR count). The molecule has 74 valence electrons. The largest absolute Gasteiger partial charge is 0.349 e. The van der Waals surface area contributed by atoms with E-state index < -0.39 is 0 Å². The molecule has 1 aromatic carbocycles. The lowest BCUT2D eigenvalue weighted by molar-refractivity contribution is 1.13. The summed E-state index contributed by atoms with van der Waals surface area (Å²) in [6.45, 7) is 0. The van der Waals surface area contributed by atoms with Crippen molar-refractivity contribution >= 4 is 34.2 Å². The number of hydrogen-bond donors (Lipinski definition) is 3. The predicted molar refractivity (Wildman–Crippen MR) is 61.6 cm³/mol. The summed E-state index contributed by atoms with van der Waals surface area (Å²) in [5, 5.41) is 0.977. The smallest absolute Gasteiger partial charge is 0.276 e. The normalized spacial score (nSPS) is 11.2. The number of aromatic nitrogens is 3. The first-order valence-corrected chi connectivity index (χ1v) is 4.89. The van der Waals surface area contributed by atoms with Crippen LogP contribution in [0.2, 0.25) is 0 Å². The van der Waals surface area contributed by atoms with Gasteiger partial charge < -0.3 is 9.97 Å².